The topological polar surface area (TPSA) is 58.2 Å². The fourth-order valence-corrected chi connectivity index (χ4v) is 4.19. The maximum atomic E-state index is 13.4. The molecule has 0 atom stereocenters. The fraction of sp³-hybridized carbons (Fsp3) is 0.200. The van der Waals surface area contributed by atoms with E-state index < -0.39 is 0 Å². The third-order valence-electron chi connectivity index (χ3n) is 4.22. The van der Waals surface area contributed by atoms with Gasteiger partial charge in [-0.05, 0) is 60.7 Å². The minimum absolute atomic E-state index is 0.163. The average Bonchev–Trinajstić information content (AvgIpc) is 2.94. The maximum Gasteiger partial charge on any atom is 0.261 e. The van der Waals surface area contributed by atoms with Gasteiger partial charge in [0, 0.05) is 27.8 Å². The first-order valence-corrected chi connectivity index (χ1v) is 9.99. The Morgan fingerprint density at radius 2 is 1.93 bits per heavy atom. The number of carbonyl (C=O) groups excluding carboxylic acids is 2. The number of benzene rings is 2. The number of halogens is 2. The van der Waals surface area contributed by atoms with Gasteiger partial charge in [-0.15, -0.1) is 11.3 Å². The number of amides is 2. The lowest BCUT2D eigenvalue weighted by atomic mass is 10.1. The van der Waals surface area contributed by atoms with Crippen LogP contribution in [0.4, 0.5) is 10.1 Å². The van der Waals surface area contributed by atoms with E-state index in [1.54, 1.807) is 13.0 Å². The molecule has 3 rings (SSSR count). The number of anilines is 1. The van der Waals surface area contributed by atoms with Crippen LogP contribution in [-0.4, -0.2) is 18.4 Å². The van der Waals surface area contributed by atoms with Crippen LogP contribution in [0.15, 0.2) is 40.9 Å². The van der Waals surface area contributed by atoms with E-state index in [4.69, 9.17) is 0 Å². The Morgan fingerprint density at radius 3 is 2.70 bits per heavy atom. The van der Waals surface area contributed by atoms with Crippen molar-refractivity contribution >= 4 is 54.9 Å². The summed E-state index contributed by atoms with van der Waals surface area (Å²) in [6.45, 7) is 3.94. The second kappa shape index (κ2) is 8.19. The van der Waals surface area contributed by atoms with Crippen LogP contribution in [0, 0.1) is 19.7 Å². The Labute approximate surface area is 168 Å². The molecule has 0 aliphatic rings. The molecular weight excluding hydrogens is 431 g/mol. The quantitative estimate of drug-likeness (QED) is 0.564. The monoisotopic (exact) mass is 448 g/mol. The third-order valence-corrected chi connectivity index (χ3v) is 5.98. The summed E-state index contributed by atoms with van der Waals surface area (Å²) >= 11 is 4.70. The van der Waals surface area contributed by atoms with E-state index in [0.717, 1.165) is 31.4 Å². The molecule has 1 heterocycles. The highest BCUT2D eigenvalue weighted by Gasteiger charge is 2.16. The Kier molecular flexibility index (Phi) is 5.92. The maximum absolute atomic E-state index is 13.4. The van der Waals surface area contributed by atoms with Crippen molar-refractivity contribution in [2.45, 2.75) is 20.3 Å². The number of carbonyl (C=O) groups is 2. The van der Waals surface area contributed by atoms with Gasteiger partial charge >= 0.3 is 0 Å². The van der Waals surface area contributed by atoms with Crippen LogP contribution < -0.4 is 10.6 Å². The molecule has 0 fully saturated rings. The molecule has 0 saturated carbocycles. The summed E-state index contributed by atoms with van der Waals surface area (Å²) < 4.78 is 15.2. The lowest BCUT2D eigenvalue weighted by Gasteiger charge is -2.09. The van der Waals surface area contributed by atoms with Gasteiger partial charge in [0.05, 0.1) is 4.88 Å². The van der Waals surface area contributed by atoms with Crippen molar-refractivity contribution in [3.05, 3.63) is 62.7 Å². The zero-order chi connectivity index (χ0) is 19.6. The summed E-state index contributed by atoms with van der Waals surface area (Å²) in [6, 6.07) is 10.2. The van der Waals surface area contributed by atoms with E-state index in [-0.39, 0.29) is 30.6 Å². The highest BCUT2D eigenvalue weighted by atomic mass is 79.9. The van der Waals surface area contributed by atoms with Crippen LogP contribution in [-0.2, 0) is 4.79 Å². The van der Waals surface area contributed by atoms with Crippen LogP contribution in [0.3, 0.4) is 0 Å². The summed E-state index contributed by atoms with van der Waals surface area (Å²) in [7, 11) is 0. The molecule has 2 N–H and O–H groups in total. The lowest BCUT2D eigenvalue weighted by Crippen LogP contribution is -2.27. The molecule has 0 saturated heterocycles. The molecule has 0 radical (unpaired) electrons. The smallest absolute Gasteiger partial charge is 0.261 e. The molecule has 0 aliphatic heterocycles. The van der Waals surface area contributed by atoms with Crippen LogP contribution in [0.1, 0.15) is 27.2 Å². The summed E-state index contributed by atoms with van der Waals surface area (Å²) in [5, 5.41) is 6.35. The molecule has 0 spiro atoms. The highest BCUT2D eigenvalue weighted by Crippen LogP contribution is 2.31. The molecule has 7 heteroatoms. The van der Waals surface area contributed by atoms with Crippen LogP contribution >= 0.6 is 27.3 Å². The number of hydrogen-bond acceptors (Lipinski definition) is 3. The van der Waals surface area contributed by atoms with E-state index in [2.05, 4.69) is 26.6 Å². The molecule has 27 heavy (non-hydrogen) atoms. The van der Waals surface area contributed by atoms with E-state index in [1.807, 2.05) is 25.1 Å². The van der Waals surface area contributed by atoms with Crippen molar-refractivity contribution in [1.82, 2.24) is 5.32 Å². The second-order valence-electron chi connectivity index (χ2n) is 6.21. The van der Waals surface area contributed by atoms with Gasteiger partial charge in [0.1, 0.15) is 5.82 Å². The van der Waals surface area contributed by atoms with Gasteiger partial charge in [-0.2, -0.15) is 0 Å². The third kappa shape index (κ3) is 4.54. The SMILES string of the molecule is Cc1ccc(Br)cc1NC(=O)CCNC(=O)c1sc2ccc(F)cc2c1C. The predicted octanol–water partition coefficient (Wildman–Crippen LogP) is 5.18. The number of rotatable bonds is 5. The molecule has 0 bridgehead atoms. The average molecular weight is 449 g/mol. The van der Waals surface area contributed by atoms with Gasteiger partial charge in [-0.3, -0.25) is 9.59 Å². The molecule has 3 aromatic rings. The molecule has 0 aliphatic carbocycles. The van der Waals surface area contributed by atoms with Crippen molar-refractivity contribution < 1.29 is 14.0 Å². The first-order valence-electron chi connectivity index (χ1n) is 8.38. The van der Waals surface area contributed by atoms with Gasteiger partial charge in [0.15, 0.2) is 0 Å². The summed E-state index contributed by atoms with van der Waals surface area (Å²) in [4.78, 5) is 25.1. The Balaban J connectivity index is 1.59. The first kappa shape index (κ1) is 19.5. The normalized spacial score (nSPS) is 10.8. The Morgan fingerprint density at radius 1 is 1.15 bits per heavy atom. The van der Waals surface area contributed by atoms with E-state index in [1.165, 1.54) is 23.5 Å². The molecule has 2 amide bonds. The second-order valence-corrected chi connectivity index (χ2v) is 8.18. The largest absolute Gasteiger partial charge is 0.351 e. The minimum Gasteiger partial charge on any atom is -0.351 e. The lowest BCUT2D eigenvalue weighted by molar-refractivity contribution is -0.116. The van der Waals surface area contributed by atoms with Crippen molar-refractivity contribution in [3.63, 3.8) is 0 Å². The van der Waals surface area contributed by atoms with Gasteiger partial charge in [0.25, 0.3) is 5.91 Å². The van der Waals surface area contributed by atoms with Crippen molar-refractivity contribution in [2.75, 3.05) is 11.9 Å². The molecule has 1 aromatic heterocycles. The Bertz CT molecular complexity index is 1030. The zero-order valence-corrected chi connectivity index (χ0v) is 17.3. The summed E-state index contributed by atoms with van der Waals surface area (Å²) in [6.07, 6.45) is 0.163. The van der Waals surface area contributed by atoms with Crippen LogP contribution in [0.2, 0.25) is 0 Å². The Hall–Kier alpha value is -2.25. The number of aryl methyl sites for hydroxylation is 2. The van der Waals surface area contributed by atoms with Gasteiger partial charge in [0.2, 0.25) is 5.91 Å². The molecular formula is C20H18BrFN2O2S. The number of nitrogens with one attached hydrogen (secondary N) is 2. The van der Waals surface area contributed by atoms with Crippen molar-refractivity contribution in [1.29, 1.82) is 0 Å². The molecule has 4 nitrogen and oxygen atoms in total. The van der Waals surface area contributed by atoms with Crippen molar-refractivity contribution in [2.24, 2.45) is 0 Å². The zero-order valence-electron chi connectivity index (χ0n) is 14.9. The predicted molar refractivity (Wildman–Crippen MR) is 111 cm³/mol. The first-order chi connectivity index (χ1) is 12.8. The van der Waals surface area contributed by atoms with Crippen LogP contribution in [0.25, 0.3) is 10.1 Å². The fourth-order valence-electron chi connectivity index (χ4n) is 2.72. The summed E-state index contributed by atoms with van der Waals surface area (Å²) in [5.41, 5.74) is 2.45. The molecule has 0 unspecified atom stereocenters. The molecule has 2 aromatic carbocycles. The molecule has 140 valence electrons. The number of fused-ring (bicyclic) bond motifs is 1. The van der Waals surface area contributed by atoms with Gasteiger partial charge < -0.3 is 10.6 Å². The van der Waals surface area contributed by atoms with Crippen molar-refractivity contribution in [3.8, 4) is 0 Å². The van der Waals surface area contributed by atoms with E-state index in [9.17, 15) is 14.0 Å². The van der Waals surface area contributed by atoms with E-state index >= 15 is 0 Å². The van der Waals surface area contributed by atoms with Crippen LogP contribution in [0.5, 0.6) is 0 Å². The van der Waals surface area contributed by atoms with Gasteiger partial charge in [-0.25, -0.2) is 4.39 Å². The standard InChI is InChI=1S/C20H18BrFN2O2S/c1-11-3-4-13(21)9-16(11)24-18(25)7-8-23-20(26)19-12(2)15-10-14(22)5-6-17(15)27-19/h3-6,9-10H,7-8H2,1-2H3,(H,23,26)(H,24,25). The minimum atomic E-state index is -0.324. The van der Waals surface area contributed by atoms with Gasteiger partial charge in [-0.1, -0.05) is 22.0 Å². The number of hydrogen-bond donors (Lipinski definition) is 2. The van der Waals surface area contributed by atoms with E-state index in [0.29, 0.717) is 4.88 Å². The highest BCUT2D eigenvalue weighted by molar-refractivity contribution is 9.10. The summed E-state index contributed by atoms with van der Waals surface area (Å²) in [5.74, 6) is -0.748. The number of thiophene rings is 1.